The van der Waals surface area contributed by atoms with Crippen molar-refractivity contribution in [2.75, 3.05) is 0 Å². The van der Waals surface area contributed by atoms with Crippen LogP contribution in [0.4, 0.5) is 0 Å². The Bertz CT molecular complexity index is 569. The van der Waals surface area contributed by atoms with E-state index in [1.165, 1.54) is 0 Å². The summed E-state index contributed by atoms with van der Waals surface area (Å²) in [6.07, 6.45) is 0. The molecule has 0 spiro atoms. The summed E-state index contributed by atoms with van der Waals surface area (Å²) in [5, 5.41) is 5.17. The van der Waals surface area contributed by atoms with Crippen molar-refractivity contribution < 1.29 is 4.74 Å². The second-order valence-corrected chi connectivity index (χ2v) is 5.51. The summed E-state index contributed by atoms with van der Waals surface area (Å²) in [6, 6.07) is 7.71. The molecule has 0 N–H and O–H groups in total. The van der Waals surface area contributed by atoms with Gasteiger partial charge in [0.05, 0.1) is 29.1 Å². The predicted octanol–water partition coefficient (Wildman–Crippen LogP) is 4.34. The van der Waals surface area contributed by atoms with Gasteiger partial charge in [-0.25, -0.2) is 0 Å². The molecule has 0 radical (unpaired) electrons. The van der Waals surface area contributed by atoms with E-state index in [1.54, 1.807) is 0 Å². The molecule has 0 unspecified atom stereocenters. The van der Waals surface area contributed by atoms with Crippen LogP contribution < -0.4 is 0 Å². The number of nitrogens with zero attached hydrogens (tertiary/aromatic N) is 2. The van der Waals surface area contributed by atoms with Gasteiger partial charge in [-0.15, -0.1) is 0 Å². The van der Waals surface area contributed by atoms with Gasteiger partial charge in [0.2, 0.25) is 0 Å². The maximum Gasteiger partial charge on any atom is 0.0900 e. The van der Waals surface area contributed by atoms with Gasteiger partial charge in [-0.1, -0.05) is 23.7 Å². The summed E-state index contributed by atoms with van der Waals surface area (Å²) in [4.78, 5) is 0. The fraction of sp³-hybridized carbons (Fsp3) is 0.357. The highest BCUT2D eigenvalue weighted by Gasteiger charge is 2.11. The van der Waals surface area contributed by atoms with Crippen LogP contribution in [-0.2, 0) is 24.5 Å². The van der Waals surface area contributed by atoms with E-state index in [-0.39, 0.29) is 0 Å². The van der Waals surface area contributed by atoms with E-state index < -0.39 is 0 Å². The first-order valence-corrected chi connectivity index (χ1v) is 7.33. The van der Waals surface area contributed by atoms with Crippen molar-refractivity contribution in [2.24, 2.45) is 0 Å². The molecule has 1 aromatic heterocycles. The Morgan fingerprint density at radius 2 is 2.16 bits per heavy atom. The van der Waals surface area contributed by atoms with Gasteiger partial charge >= 0.3 is 0 Å². The van der Waals surface area contributed by atoms with Crippen molar-refractivity contribution in [1.82, 2.24) is 9.78 Å². The number of aryl methyl sites for hydroxylation is 2. The van der Waals surface area contributed by atoms with Gasteiger partial charge < -0.3 is 4.74 Å². The highest BCUT2D eigenvalue weighted by atomic mass is 79.9. The molecule has 1 heterocycles. The van der Waals surface area contributed by atoms with Gasteiger partial charge in [0.1, 0.15) is 0 Å². The smallest absolute Gasteiger partial charge is 0.0900 e. The molecule has 0 amide bonds. The molecule has 3 nitrogen and oxygen atoms in total. The van der Waals surface area contributed by atoms with Crippen LogP contribution >= 0.6 is 27.5 Å². The third-order valence-electron chi connectivity index (χ3n) is 2.85. The third kappa shape index (κ3) is 3.59. The maximum atomic E-state index is 5.94. The van der Waals surface area contributed by atoms with Crippen LogP contribution in [0.15, 0.2) is 28.7 Å². The highest BCUT2D eigenvalue weighted by Crippen LogP contribution is 2.22. The zero-order valence-corrected chi connectivity index (χ0v) is 13.3. The molecule has 0 saturated heterocycles. The monoisotopic (exact) mass is 342 g/mol. The van der Waals surface area contributed by atoms with Gasteiger partial charge in [-0.3, -0.25) is 4.68 Å². The van der Waals surface area contributed by atoms with Crippen LogP contribution in [0.25, 0.3) is 0 Å². The average molecular weight is 344 g/mol. The minimum Gasteiger partial charge on any atom is -0.370 e. The highest BCUT2D eigenvalue weighted by molar-refractivity contribution is 9.10. The molecule has 0 atom stereocenters. The lowest BCUT2D eigenvalue weighted by Crippen LogP contribution is -2.05. The molecule has 19 heavy (non-hydrogen) atoms. The first kappa shape index (κ1) is 14.6. The van der Waals surface area contributed by atoms with E-state index in [1.807, 2.05) is 35.9 Å². The maximum absolute atomic E-state index is 5.94. The van der Waals surface area contributed by atoms with Crippen LogP contribution in [0.3, 0.4) is 0 Å². The molecule has 0 fully saturated rings. The summed E-state index contributed by atoms with van der Waals surface area (Å²) < 4.78 is 8.73. The minimum absolute atomic E-state index is 0.530. The molecule has 0 bridgehead atoms. The summed E-state index contributed by atoms with van der Waals surface area (Å²) in [7, 11) is 0. The van der Waals surface area contributed by atoms with Gasteiger partial charge in [0, 0.05) is 11.6 Å². The predicted molar refractivity (Wildman–Crippen MR) is 80.3 cm³/mol. The molecular formula is C14H16BrClN2O. The Balaban J connectivity index is 1.99. The zero-order chi connectivity index (χ0) is 13.8. The van der Waals surface area contributed by atoms with E-state index >= 15 is 0 Å². The second kappa shape index (κ2) is 6.55. The number of halogens is 2. The normalized spacial score (nSPS) is 10.9. The van der Waals surface area contributed by atoms with Gasteiger partial charge in [0.25, 0.3) is 0 Å². The minimum atomic E-state index is 0.530. The number of ether oxygens (including phenoxy) is 1. The molecule has 102 valence electrons. The van der Waals surface area contributed by atoms with E-state index in [2.05, 4.69) is 28.0 Å². The SMILES string of the molecule is CCn1nc(C)c(Br)c1COCc1cccc(Cl)c1. The third-order valence-corrected chi connectivity index (χ3v) is 4.12. The van der Waals surface area contributed by atoms with E-state index in [0.29, 0.717) is 13.2 Å². The van der Waals surface area contributed by atoms with E-state index in [4.69, 9.17) is 16.3 Å². The van der Waals surface area contributed by atoms with Crippen molar-refractivity contribution in [3.8, 4) is 0 Å². The van der Waals surface area contributed by atoms with E-state index in [0.717, 1.165) is 33.0 Å². The second-order valence-electron chi connectivity index (χ2n) is 4.28. The summed E-state index contributed by atoms with van der Waals surface area (Å²) in [5.41, 5.74) is 3.13. The van der Waals surface area contributed by atoms with Crippen LogP contribution in [0.5, 0.6) is 0 Å². The van der Waals surface area contributed by atoms with Crippen molar-refractivity contribution in [3.05, 3.63) is 50.7 Å². The van der Waals surface area contributed by atoms with E-state index in [9.17, 15) is 0 Å². The van der Waals surface area contributed by atoms with Crippen molar-refractivity contribution in [1.29, 1.82) is 0 Å². The topological polar surface area (TPSA) is 27.1 Å². The Labute approximate surface area is 126 Å². The lowest BCUT2D eigenvalue weighted by Gasteiger charge is -2.07. The Morgan fingerprint density at radius 1 is 1.37 bits per heavy atom. The molecule has 0 saturated carbocycles. The fourth-order valence-corrected chi connectivity index (χ4v) is 2.51. The summed E-state index contributed by atoms with van der Waals surface area (Å²) in [5.74, 6) is 0. The standard InChI is InChI=1S/C14H16BrClN2O/c1-3-18-13(14(15)10(2)17-18)9-19-8-11-5-4-6-12(16)7-11/h4-7H,3,8-9H2,1-2H3. The molecular weight excluding hydrogens is 328 g/mol. The number of aromatic nitrogens is 2. The Kier molecular flexibility index (Phi) is 5.02. The number of benzene rings is 1. The van der Waals surface area contributed by atoms with Crippen LogP contribution in [0.2, 0.25) is 5.02 Å². The molecule has 0 aliphatic heterocycles. The molecule has 2 aromatic rings. The van der Waals surface area contributed by atoms with Crippen LogP contribution in [0.1, 0.15) is 23.9 Å². The number of hydrogen-bond donors (Lipinski definition) is 0. The first-order valence-electron chi connectivity index (χ1n) is 6.15. The molecule has 1 aromatic carbocycles. The molecule has 5 heteroatoms. The van der Waals surface area contributed by atoms with Gasteiger partial charge in [0.15, 0.2) is 0 Å². The van der Waals surface area contributed by atoms with Crippen LogP contribution in [-0.4, -0.2) is 9.78 Å². The van der Waals surface area contributed by atoms with Gasteiger partial charge in [-0.05, 0) is 47.5 Å². The number of rotatable bonds is 5. The fourth-order valence-electron chi connectivity index (χ4n) is 1.90. The first-order chi connectivity index (χ1) is 9.11. The zero-order valence-electron chi connectivity index (χ0n) is 11.0. The van der Waals surface area contributed by atoms with Crippen molar-refractivity contribution >= 4 is 27.5 Å². The largest absolute Gasteiger partial charge is 0.370 e. The Morgan fingerprint density at radius 3 is 2.84 bits per heavy atom. The quantitative estimate of drug-likeness (QED) is 0.807. The number of hydrogen-bond acceptors (Lipinski definition) is 2. The van der Waals surface area contributed by atoms with Crippen molar-refractivity contribution in [2.45, 2.75) is 33.6 Å². The molecule has 2 rings (SSSR count). The van der Waals surface area contributed by atoms with Crippen molar-refractivity contribution in [3.63, 3.8) is 0 Å². The molecule has 0 aliphatic rings. The van der Waals surface area contributed by atoms with Crippen LogP contribution in [0, 0.1) is 6.92 Å². The Hall–Kier alpha value is -0.840. The average Bonchev–Trinajstić information content (AvgIpc) is 2.66. The lowest BCUT2D eigenvalue weighted by atomic mass is 10.2. The van der Waals surface area contributed by atoms with Gasteiger partial charge in [-0.2, -0.15) is 5.10 Å². The summed E-state index contributed by atoms with van der Waals surface area (Å²) in [6.45, 7) is 5.96. The summed E-state index contributed by atoms with van der Waals surface area (Å²) >= 11 is 9.50. The molecule has 0 aliphatic carbocycles. The lowest BCUT2D eigenvalue weighted by molar-refractivity contribution is 0.101.